The summed E-state index contributed by atoms with van der Waals surface area (Å²) in [6.45, 7) is 12.8. The molecule has 0 aliphatic rings. The van der Waals surface area contributed by atoms with Crippen LogP contribution >= 0.6 is 0 Å². The van der Waals surface area contributed by atoms with Crippen LogP contribution in [0.5, 0.6) is 11.5 Å². The van der Waals surface area contributed by atoms with Gasteiger partial charge >= 0.3 is 47.9 Å². The number of benzene rings is 2. The molecule has 0 fully saturated rings. The Balaban J connectivity index is 0.000000434. The molecule has 0 radical (unpaired) electrons. The summed E-state index contributed by atoms with van der Waals surface area (Å²) < 4.78 is 100. The number of halogens is 6. The Hall–Kier alpha value is -5.76. The normalized spacial score (nSPS) is 11.0. The average molecular weight is 942 g/mol. The molecule has 66 heavy (non-hydrogen) atoms. The molecule has 0 bridgehead atoms. The molecule has 4 heterocycles. The van der Waals surface area contributed by atoms with Crippen molar-refractivity contribution in [3.8, 4) is 11.5 Å². The minimum atomic E-state index is -4.59. The van der Waals surface area contributed by atoms with Crippen molar-refractivity contribution >= 4 is 39.8 Å². The first-order chi connectivity index (χ1) is 30.0. The van der Waals surface area contributed by atoms with Crippen LogP contribution in [0, 0.1) is 6.57 Å². The largest absolute Gasteiger partial charge is 1.00 e. The van der Waals surface area contributed by atoms with Crippen LogP contribution in [0.25, 0.3) is 26.8 Å². The summed E-state index contributed by atoms with van der Waals surface area (Å²) in [4.78, 5) is 34.5. The second kappa shape index (κ2) is 25.8. The Morgan fingerprint density at radius 1 is 0.727 bits per heavy atom. The summed E-state index contributed by atoms with van der Waals surface area (Å²) >= 11 is 0. The molecule has 0 atom stereocenters. The fraction of sp³-hybridized carbons (Fsp3) is 0.442. The molecule has 16 nitrogen and oxygen atoms in total. The van der Waals surface area contributed by atoms with Crippen LogP contribution in [0.3, 0.4) is 0 Å². The van der Waals surface area contributed by atoms with E-state index in [1.54, 1.807) is 30.4 Å². The second-order valence-corrected chi connectivity index (χ2v) is 14.3. The van der Waals surface area contributed by atoms with Gasteiger partial charge in [0, 0.05) is 68.7 Å². The van der Waals surface area contributed by atoms with Gasteiger partial charge in [0.2, 0.25) is 18.4 Å². The summed E-state index contributed by atoms with van der Waals surface area (Å²) in [6, 6.07) is 5.73. The Bertz CT molecular complexity index is 2480. The third kappa shape index (κ3) is 14.9. The maximum atomic E-state index is 13.1. The van der Waals surface area contributed by atoms with Crippen molar-refractivity contribution in [2.24, 2.45) is 0 Å². The number of nitrogens with zero attached hydrogens (tertiary/aromatic N) is 9. The number of carboxylic acid groups (broad SMARTS) is 1. The van der Waals surface area contributed by atoms with Gasteiger partial charge in [-0.25, -0.2) is 26.5 Å². The molecule has 23 heteroatoms. The van der Waals surface area contributed by atoms with Gasteiger partial charge in [0.25, 0.3) is 0 Å². The first-order valence-corrected chi connectivity index (χ1v) is 19.9. The van der Waals surface area contributed by atoms with Gasteiger partial charge < -0.3 is 43.7 Å². The van der Waals surface area contributed by atoms with E-state index < -0.39 is 29.7 Å². The zero-order chi connectivity index (χ0) is 45.7. The first-order valence-electron chi connectivity index (χ1n) is 19.9. The minimum absolute atomic E-state index is 0. The molecule has 0 saturated carbocycles. The van der Waals surface area contributed by atoms with Crippen molar-refractivity contribution in [3.05, 3.63) is 94.1 Å². The molecule has 2 N–H and O–H groups in total. The summed E-state index contributed by atoms with van der Waals surface area (Å²) in [5.41, 5.74) is 0.602. The third-order valence-electron chi connectivity index (χ3n) is 9.41. The Morgan fingerprint density at radius 2 is 1.12 bits per heavy atom. The standard InChI is InChI=1S/C21H22F3N5O2.C21H23F3N4O4.CH4.Na.H2O/c1-4-6-15-17(8-7-16-18(15)31-28-19(16)21(22,23)24)30-10-5-9-29(3)20-26-12-14(11-25-2)13-27-20;1-3-5-14-16(7-6-15-18(14)32-27-19(15)21(22,23)24)31-9-4-8-28(2)20-25-11-13(12-26-20)10-17(29)30;;;/h7-8,12-13H,4-6,9-11H2,1,3H3;6-7,11-12H,3-5,8-10H2,1-2H3,(H,29,30);1H4;;1H2/q;;;+1;/p-1. The Labute approximate surface area is 399 Å². The van der Waals surface area contributed by atoms with Crippen LogP contribution in [-0.4, -0.2) is 87.2 Å². The molecular weight excluding hydrogens is 892 g/mol. The van der Waals surface area contributed by atoms with Crippen LogP contribution in [-0.2, 0) is 43.0 Å². The maximum Gasteiger partial charge on any atom is 1.00 e. The SMILES string of the molecule is C.CCCc1c(OCCCN(C)c2ncc(CC(=O)O)cn2)ccc2c(C(F)(F)F)noc12.[C-]#[N+]Cc1cnc(N(C)CCCOc2ccc3c(C(F)(F)F)noc3c2CCC)nc1.[Na+].[OH-]. The smallest absolute Gasteiger partial charge is 0.870 e. The van der Waals surface area contributed by atoms with Gasteiger partial charge in [-0.3, -0.25) is 4.79 Å². The van der Waals surface area contributed by atoms with E-state index in [0.29, 0.717) is 98.5 Å². The van der Waals surface area contributed by atoms with Gasteiger partial charge in [-0.1, -0.05) is 44.4 Å². The van der Waals surface area contributed by atoms with Crippen LogP contribution in [0.4, 0.5) is 38.2 Å². The fourth-order valence-corrected chi connectivity index (χ4v) is 6.43. The van der Waals surface area contributed by atoms with Crippen molar-refractivity contribution in [1.82, 2.24) is 30.2 Å². The van der Waals surface area contributed by atoms with E-state index >= 15 is 0 Å². The molecule has 2 aromatic carbocycles. The number of alkyl halides is 6. The number of fused-ring (bicyclic) bond motifs is 2. The third-order valence-corrected chi connectivity index (χ3v) is 9.41. The molecule has 0 saturated heterocycles. The quantitative estimate of drug-likeness (QED) is 0.0399. The van der Waals surface area contributed by atoms with Crippen molar-refractivity contribution in [2.75, 3.05) is 50.2 Å². The van der Waals surface area contributed by atoms with E-state index in [-0.39, 0.29) is 77.4 Å². The maximum absolute atomic E-state index is 13.1. The van der Waals surface area contributed by atoms with Crippen molar-refractivity contribution < 1.29 is 89.8 Å². The number of aryl methyl sites for hydroxylation is 2. The molecule has 4 aromatic heterocycles. The number of aliphatic carboxylic acids is 1. The Morgan fingerprint density at radius 3 is 1.47 bits per heavy atom. The number of carboxylic acids is 1. The molecule has 0 aliphatic heterocycles. The number of aromatic nitrogens is 6. The van der Waals surface area contributed by atoms with Crippen LogP contribution in [0.2, 0.25) is 0 Å². The molecule has 6 aromatic rings. The molecule has 352 valence electrons. The van der Waals surface area contributed by atoms with E-state index in [2.05, 4.69) is 35.1 Å². The van der Waals surface area contributed by atoms with Crippen molar-refractivity contribution in [3.63, 3.8) is 0 Å². The summed E-state index contributed by atoms with van der Waals surface area (Å²) in [5.74, 6) is 1.02. The predicted molar refractivity (Wildman–Crippen MR) is 227 cm³/mol. The molecule has 0 aliphatic carbocycles. The predicted octanol–water partition coefficient (Wildman–Crippen LogP) is 6.50. The zero-order valence-electron chi connectivity index (χ0n) is 36.3. The summed E-state index contributed by atoms with van der Waals surface area (Å²) in [7, 11) is 3.65. The van der Waals surface area contributed by atoms with Gasteiger partial charge in [0.1, 0.15) is 11.5 Å². The van der Waals surface area contributed by atoms with E-state index in [0.717, 1.165) is 12.0 Å². The number of hydrogen-bond acceptors (Lipinski definition) is 14. The second-order valence-electron chi connectivity index (χ2n) is 14.3. The molecule has 6 rings (SSSR count). The van der Waals surface area contributed by atoms with E-state index in [1.807, 2.05) is 25.8 Å². The van der Waals surface area contributed by atoms with Gasteiger partial charge in [-0.2, -0.15) is 26.3 Å². The monoisotopic (exact) mass is 941 g/mol. The van der Waals surface area contributed by atoms with E-state index in [4.69, 9.17) is 30.2 Å². The first kappa shape index (κ1) is 56.4. The number of hydrogen-bond donors (Lipinski definition) is 1. The van der Waals surface area contributed by atoms with Crippen LogP contribution in [0.15, 0.2) is 58.1 Å². The van der Waals surface area contributed by atoms with Crippen LogP contribution < -0.4 is 48.8 Å². The van der Waals surface area contributed by atoms with E-state index in [1.165, 1.54) is 30.6 Å². The van der Waals surface area contributed by atoms with Gasteiger partial charge in [0.15, 0.2) is 22.6 Å². The molecule has 0 unspecified atom stereocenters. The zero-order valence-corrected chi connectivity index (χ0v) is 38.3. The van der Waals surface area contributed by atoms with Gasteiger partial charge in [0.05, 0.1) is 36.0 Å². The number of carbonyl (C=O) groups is 1. The fourth-order valence-electron chi connectivity index (χ4n) is 6.43. The van der Waals surface area contributed by atoms with Crippen molar-refractivity contribution in [1.29, 1.82) is 0 Å². The summed E-state index contributed by atoms with van der Waals surface area (Å²) in [6.07, 6.45) is 0.604. The van der Waals surface area contributed by atoms with Crippen LogP contribution in [0.1, 0.15) is 80.6 Å². The topological polar surface area (TPSA) is 200 Å². The Kier molecular flexibility index (Phi) is 22.0. The molecular formula is C43H50F6N9NaO7. The number of ether oxygens (including phenoxy) is 2. The summed E-state index contributed by atoms with van der Waals surface area (Å²) in [5, 5.41) is 15.1. The number of rotatable bonds is 19. The molecule has 0 amide bonds. The van der Waals surface area contributed by atoms with Gasteiger partial charge in [-0.05, 0) is 49.9 Å². The number of anilines is 2. The minimum Gasteiger partial charge on any atom is -0.870 e. The average Bonchev–Trinajstić information content (AvgIpc) is 3.89. The van der Waals surface area contributed by atoms with Crippen molar-refractivity contribution in [2.45, 2.75) is 85.1 Å². The van der Waals surface area contributed by atoms with Gasteiger partial charge in [-0.15, -0.1) is 0 Å². The van der Waals surface area contributed by atoms with E-state index in [9.17, 15) is 31.1 Å². The molecule has 0 spiro atoms.